The summed E-state index contributed by atoms with van der Waals surface area (Å²) in [5.74, 6) is 0.813. The molecule has 1 N–H and O–H groups in total. The van der Waals surface area contributed by atoms with Gasteiger partial charge in [-0.25, -0.2) is 0 Å². The Morgan fingerprint density at radius 1 is 1.29 bits per heavy atom. The highest BCUT2D eigenvalue weighted by atomic mass is 35.5. The molecular formula is C19H21ClN2O2. The third kappa shape index (κ3) is 3.55. The highest BCUT2D eigenvalue weighted by Crippen LogP contribution is 2.29. The van der Waals surface area contributed by atoms with Crippen LogP contribution in [-0.2, 0) is 6.42 Å². The second kappa shape index (κ2) is 7.24. The van der Waals surface area contributed by atoms with Gasteiger partial charge in [0, 0.05) is 13.0 Å². The molecular weight excluding hydrogens is 324 g/mol. The van der Waals surface area contributed by atoms with Crippen LogP contribution in [0, 0.1) is 0 Å². The number of nitrogens with zero attached hydrogens (tertiary/aromatic N) is 1. The third-order valence-corrected chi connectivity index (χ3v) is 4.63. The summed E-state index contributed by atoms with van der Waals surface area (Å²) >= 11 is 6.09. The zero-order chi connectivity index (χ0) is 17.1. The predicted octanol–water partition coefficient (Wildman–Crippen LogP) is 3.31. The van der Waals surface area contributed by atoms with Crippen molar-refractivity contribution in [2.45, 2.75) is 12.5 Å². The fraction of sp³-hybridized carbons (Fsp3) is 0.316. The molecule has 1 amide bonds. The average Bonchev–Trinajstić information content (AvgIpc) is 3.02. The molecule has 0 saturated carbocycles. The van der Waals surface area contributed by atoms with Gasteiger partial charge in [-0.3, -0.25) is 4.79 Å². The van der Waals surface area contributed by atoms with E-state index in [-0.39, 0.29) is 11.9 Å². The molecule has 1 heterocycles. The standard InChI is InChI=1S/C19H21ClN2O2/c1-22(2)17(13-7-8-18-14(11-13)9-10-24-18)12-21-19(23)15-5-3-4-6-16(15)20/h3-8,11,17H,9-10,12H2,1-2H3,(H,21,23). The summed E-state index contributed by atoms with van der Waals surface area (Å²) in [4.78, 5) is 14.5. The van der Waals surface area contributed by atoms with Gasteiger partial charge in [-0.05, 0) is 43.4 Å². The van der Waals surface area contributed by atoms with E-state index in [1.807, 2.05) is 32.3 Å². The minimum atomic E-state index is -0.156. The Balaban J connectivity index is 1.73. The topological polar surface area (TPSA) is 41.6 Å². The smallest absolute Gasteiger partial charge is 0.252 e. The van der Waals surface area contributed by atoms with Crippen LogP contribution in [0.15, 0.2) is 42.5 Å². The van der Waals surface area contributed by atoms with Crippen molar-refractivity contribution >= 4 is 17.5 Å². The SMILES string of the molecule is CN(C)C(CNC(=O)c1ccccc1Cl)c1ccc2c(c1)CCO2. The fourth-order valence-electron chi connectivity index (χ4n) is 2.94. The number of nitrogens with one attached hydrogen (secondary N) is 1. The summed E-state index contributed by atoms with van der Waals surface area (Å²) in [6, 6.07) is 13.4. The van der Waals surface area contributed by atoms with Crippen LogP contribution in [0.5, 0.6) is 5.75 Å². The molecule has 1 unspecified atom stereocenters. The van der Waals surface area contributed by atoms with Crippen LogP contribution in [0.1, 0.15) is 27.5 Å². The van der Waals surface area contributed by atoms with E-state index in [4.69, 9.17) is 16.3 Å². The lowest BCUT2D eigenvalue weighted by atomic mass is 10.0. The number of rotatable bonds is 5. The van der Waals surface area contributed by atoms with Crippen molar-refractivity contribution in [2.24, 2.45) is 0 Å². The van der Waals surface area contributed by atoms with Crippen LogP contribution in [-0.4, -0.2) is 38.1 Å². The van der Waals surface area contributed by atoms with E-state index < -0.39 is 0 Å². The van der Waals surface area contributed by atoms with E-state index in [0.29, 0.717) is 17.1 Å². The molecule has 24 heavy (non-hydrogen) atoms. The third-order valence-electron chi connectivity index (χ3n) is 4.30. The molecule has 1 aliphatic heterocycles. The zero-order valence-electron chi connectivity index (χ0n) is 13.9. The number of fused-ring (bicyclic) bond motifs is 1. The summed E-state index contributed by atoms with van der Waals surface area (Å²) in [5.41, 5.74) is 2.90. The van der Waals surface area contributed by atoms with Gasteiger partial charge in [-0.2, -0.15) is 0 Å². The molecule has 0 bridgehead atoms. The number of carbonyl (C=O) groups is 1. The minimum absolute atomic E-state index is 0.0855. The van der Waals surface area contributed by atoms with Crippen molar-refractivity contribution < 1.29 is 9.53 Å². The van der Waals surface area contributed by atoms with E-state index in [9.17, 15) is 4.79 Å². The minimum Gasteiger partial charge on any atom is -0.493 e. The average molecular weight is 345 g/mol. The van der Waals surface area contributed by atoms with Crippen LogP contribution in [0.3, 0.4) is 0 Å². The highest BCUT2D eigenvalue weighted by molar-refractivity contribution is 6.33. The lowest BCUT2D eigenvalue weighted by Crippen LogP contribution is -2.34. The number of amides is 1. The van der Waals surface area contributed by atoms with E-state index in [0.717, 1.165) is 18.8 Å². The summed E-state index contributed by atoms with van der Waals surface area (Å²) in [6.45, 7) is 1.26. The first-order valence-electron chi connectivity index (χ1n) is 8.01. The molecule has 0 aromatic heterocycles. The van der Waals surface area contributed by atoms with Gasteiger partial charge in [-0.1, -0.05) is 35.9 Å². The Kier molecular flexibility index (Phi) is 5.07. The largest absolute Gasteiger partial charge is 0.493 e. The van der Waals surface area contributed by atoms with E-state index >= 15 is 0 Å². The van der Waals surface area contributed by atoms with Crippen LogP contribution >= 0.6 is 11.6 Å². The van der Waals surface area contributed by atoms with Crippen molar-refractivity contribution in [3.05, 3.63) is 64.2 Å². The van der Waals surface area contributed by atoms with Gasteiger partial charge >= 0.3 is 0 Å². The molecule has 5 heteroatoms. The first-order chi connectivity index (χ1) is 11.6. The summed E-state index contributed by atoms with van der Waals surface area (Å²) in [6.07, 6.45) is 0.940. The van der Waals surface area contributed by atoms with Gasteiger partial charge in [0.05, 0.1) is 23.2 Å². The van der Waals surface area contributed by atoms with Crippen LogP contribution in [0.25, 0.3) is 0 Å². The molecule has 1 aliphatic rings. The molecule has 2 aromatic carbocycles. The maximum atomic E-state index is 12.4. The van der Waals surface area contributed by atoms with E-state index in [2.05, 4.69) is 22.3 Å². The molecule has 3 rings (SSSR count). The fourth-order valence-corrected chi connectivity index (χ4v) is 3.16. The molecule has 126 valence electrons. The molecule has 4 nitrogen and oxygen atoms in total. The van der Waals surface area contributed by atoms with Gasteiger partial charge in [-0.15, -0.1) is 0 Å². The Bertz CT molecular complexity index is 746. The lowest BCUT2D eigenvalue weighted by Gasteiger charge is -2.25. The Morgan fingerprint density at radius 2 is 2.08 bits per heavy atom. The summed E-state index contributed by atoms with van der Waals surface area (Å²) in [7, 11) is 4.02. The molecule has 2 aromatic rings. The van der Waals surface area contributed by atoms with Crippen molar-refractivity contribution in [3.63, 3.8) is 0 Å². The normalized spacial score (nSPS) is 14.2. The van der Waals surface area contributed by atoms with Crippen molar-refractivity contribution in [2.75, 3.05) is 27.2 Å². The van der Waals surface area contributed by atoms with E-state index in [1.165, 1.54) is 11.1 Å². The molecule has 1 atom stereocenters. The van der Waals surface area contributed by atoms with Gasteiger partial charge in [0.2, 0.25) is 0 Å². The zero-order valence-corrected chi connectivity index (χ0v) is 14.6. The van der Waals surface area contributed by atoms with Crippen LogP contribution < -0.4 is 10.1 Å². The number of hydrogen-bond acceptors (Lipinski definition) is 3. The maximum Gasteiger partial charge on any atom is 0.252 e. The van der Waals surface area contributed by atoms with Crippen LogP contribution in [0.2, 0.25) is 5.02 Å². The summed E-state index contributed by atoms with van der Waals surface area (Å²) < 4.78 is 5.56. The van der Waals surface area contributed by atoms with Crippen LogP contribution in [0.4, 0.5) is 0 Å². The quantitative estimate of drug-likeness (QED) is 0.904. The van der Waals surface area contributed by atoms with Crippen molar-refractivity contribution in [3.8, 4) is 5.75 Å². The van der Waals surface area contributed by atoms with Gasteiger partial charge in [0.15, 0.2) is 0 Å². The maximum absolute atomic E-state index is 12.4. The number of halogens is 1. The second-order valence-electron chi connectivity index (χ2n) is 6.13. The second-order valence-corrected chi connectivity index (χ2v) is 6.54. The first-order valence-corrected chi connectivity index (χ1v) is 8.39. The number of benzene rings is 2. The Morgan fingerprint density at radius 3 is 2.83 bits per heavy atom. The monoisotopic (exact) mass is 344 g/mol. The summed E-state index contributed by atoms with van der Waals surface area (Å²) in [5, 5.41) is 3.46. The molecule has 0 aliphatic carbocycles. The van der Waals surface area contributed by atoms with Gasteiger partial charge in [0.25, 0.3) is 5.91 Å². The number of carbonyl (C=O) groups excluding carboxylic acids is 1. The molecule has 0 spiro atoms. The molecule has 0 fully saturated rings. The number of likely N-dealkylation sites (N-methyl/N-ethyl adjacent to an activating group) is 1. The number of ether oxygens (including phenoxy) is 1. The Labute approximate surface area is 147 Å². The predicted molar refractivity (Wildman–Crippen MR) is 95.9 cm³/mol. The number of hydrogen-bond donors (Lipinski definition) is 1. The lowest BCUT2D eigenvalue weighted by molar-refractivity contribution is 0.0942. The van der Waals surface area contributed by atoms with Gasteiger partial charge in [0.1, 0.15) is 5.75 Å². The highest BCUT2D eigenvalue weighted by Gasteiger charge is 2.20. The van der Waals surface area contributed by atoms with Gasteiger partial charge < -0.3 is 15.0 Å². The molecule has 0 saturated heterocycles. The van der Waals surface area contributed by atoms with Crippen molar-refractivity contribution in [1.29, 1.82) is 0 Å². The van der Waals surface area contributed by atoms with E-state index in [1.54, 1.807) is 12.1 Å². The Hall–Kier alpha value is -2.04. The first kappa shape index (κ1) is 16.8. The van der Waals surface area contributed by atoms with Crippen molar-refractivity contribution in [1.82, 2.24) is 10.2 Å². The molecule has 0 radical (unpaired) electrons.